The van der Waals surface area contributed by atoms with E-state index in [1.54, 1.807) is 0 Å². The molecule has 1 unspecified atom stereocenters. The van der Waals surface area contributed by atoms with Crippen LogP contribution in [0.4, 0.5) is 11.4 Å². The molecule has 1 aromatic rings. The molecule has 0 saturated carbocycles. The quantitative estimate of drug-likeness (QED) is 0.836. The second-order valence-corrected chi connectivity index (χ2v) is 4.75. The fourth-order valence-corrected chi connectivity index (χ4v) is 2.32. The Balaban J connectivity index is 2.00. The molecule has 98 valence electrons. The number of anilines is 2. The molecule has 1 aliphatic heterocycles. The van der Waals surface area contributed by atoms with Crippen LogP contribution in [0, 0.1) is 0 Å². The number of carbonyl (C=O) groups excluding carboxylic acids is 1. The van der Waals surface area contributed by atoms with Crippen LogP contribution in [0.3, 0.4) is 0 Å². The van der Waals surface area contributed by atoms with Crippen molar-refractivity contribution in [3.63, 3.8) is 0 Å². The van der Waals surface area contributed by atoms with Crippen molar-refractivity contribution in [3.8, 4) is 0 Å². The first-order valence-corrected chi connectivity index (χ1v) is 6.61. The molecule has 1 amide bonds. The average molecular weight is 247 g/mol. The third kappa shape index (κ3) is 2.94. The number of carbonyl (C=O) groups is 1. The van der Waals surface area contributed by atoms with Crippen molar-refractivity contribution in [1.82, 2.24) is 0 Å². The highest BCUT2D eigenvalue weighted by molar-refractivity contribution is 5.82. The van der Waals surface area contributed by atoms with Crippen LogP contribution in [0.25, 0.3) is 0 Å². The standard InChI is InChI=1S/C14H21N3O/c1-2-13(14(15)18)16-11-5-7-12(8-6-11)17-9-3-4-10-17/h5-8,13,16H,2-4,9-10H2,1H3,(H2,15,18). The fourth-order valence-electron chi connectivity index (χ4n) is 2.32. The molecule has 0 radical (unpaired) electrons. The van der Waals surface area contributed by atoms with Gasteiger partial charge in [-0.3, -0.25) is 4.79 Å². The number of rotatable bonds is 5. The minimum absolute atomic E-state index is 0.289. The molecule has 4 nitrogen and oxygen atoms in total. The van der Waals surface area contributed by atoms with E-state index < -0.39 is 0 Å². The van der Waals surface area contributed by atoms with E-state index in [0.717, 1.165) is 18.8 Å². The smallest absolute Gasteiger partial charge is 0.239 e. The molecule has 3 N–H and O–H groups in total. The van der Waals surface area contributed by atoms with E-state index in [-0.39, 0.29) is 11.9 Å². The van der Waals surface area contributed by atoms with Gasteiger partial charge in [0.1, 0.15) is 6.04 Å². The van der Waals surface area contributed by atoms with Gasteiger partial charge in [0.2, 0.25) is 5.91 Å². The predicted octanol–water partition coefficient (Wildman–Crippen LogP) is 1.96. The molecule has 1 atom stereocenters. The normalized spacial score (nSPS) is 16.6. The molecule has 18 heavy (non-hydrogen) atoms. The molecule has 2 rings (SSSR count). The molecule has 0 aromatic heterocycles. The maximum atomic E-state index is 11.2. The number of hydrogen-bond donors (Lipinski definition) is 2. The van der Waals surface area contributed by atoms with Crippen molar-refractivity contribution < 1.29 is 4.79 Å². The minimum atomic E-state index is -0.305. The molecule has 1 saturated heterocycles. The van der Waals surface area contributed by atoms with Gasteiger partial charge in [0.25, 0.3) is 0 Å². The van der Waals surface area contributed by atoms with Crippen molar-refractivity contribution in [2.24, 2.45) is 5.73 Å². The van der Waals surface area contributed by atoms with Crippen LogP contribution in [-0.4, -0.2) is 25.0 Å². The Morgan fingerprint density at radius 3 is 2.44 bits per heavy atom. The Labute approximate surface area is 108 Å². The molecule has 1 aromatic carbocycles. The highest BCUT2D eigenvalue weighted by Crippen LogP contribution is 2.22. The SMILES string of the molecule is CCC(Nc1ccc(N2CCCC2)cc1)C(N)=O. The summed E-state index contributed by atoms with van der Waals surface area (Å²) in [6.45, 7) is 4.23. The number of hydrogen-bond acceptors (Lipinski definition) is 3. The molecular formula is C14H21N3O. The lowest BCUT2D eigenvalue weighted by molar-refractivity contribution is -0.118. The van der Waals surface area contributed by atoms with Crippen LogP contribution in [-0.2, 0) is 4.79 Å². The Kier molecular flexibility index (Phi) is 4.07. The zero-order valence-electron chi connectivity index (χ0n) is 10.9. The number of benzene rings is 1. The monoisotopic (exact) mass is 247 g/mol. The van der Waals surface area contributed by atoms with Crippen LogP contribution in [0.2, 0.25) is 0 Å². The van der Waals surface area contributed by atoms with Crippen molar-refractivity contribution in [3.05, 3.63) is 24.3 Å². The van der Waals surface area contributed by atoms with E-state index in [0.29, 0.717) is 6.42 Å². The second kappa shape index (κ2) is 5.76. The molecule has 0 spiro atoms. The Morgan fingerprint density at radius 1 is 1.33 bits per heavy atom. The molecule has 0 bridgehead atoms. The zero-order valence-corrected chi connectivity index (χ0v) is 10.9. The first-order valence-electron chi connectivity index (χ1n) is 6.61. The first kappa shape index (κ1) is 12.7. The van der Waals surface area contributed by atoms with Gasteiger partial charge in [-0.15, -0.1) is 0 Å². The van der Waals surface area contributed by atoms with Gasteiger partial charge in [0.05, 0.1) is 0 Å². The van der Waals surface area contributed by atoms with E-state index in [4.69, 9.17) is 5.73 Å². The highest BCUT2D eigenvalue weighted by Gasteiger charge is 2.14. The average Bonchev–Trinajstić information content (AvgIpc) is 2.90. The van der Waals surface area contributed by atoms with Gasteiger partial charge in [0.15, 0.2) is 0 Å². The van der Waals surface area contributed by atoms with Crippen LogP contribution >= 0.6 is 0 Å². The Hall–Kier alpha value is -1.71. The van der Waals surface area contributed by atoms with Gasteiger partial charge in [-0.05, 0) is 43.5 Å². The van der Waals surface area contributed by atoms with E-state index >= 15 is 0 Å². The van der Waals surface area contributed by atoms with Crippen molar-refractivity contribution >= 4 is 17.3 Å². The third-order valence-electron chi connectivity index (χ3n) is 3.43. The van der Waals surface area contributed by atoms with Crippen LogP contribution in [0.5, 0.6) is 0 Å². The predicted molar refractivity (Wildman–Crippen MR) is 74.8 cm³/mol. The summed E-state index contributed by atoms with van der Waals surface area (Å²) in [5, 5.41) is 3.15. The molecular weight excluding hydrogens is 226 g/mol. The summed E-state index contributed by atoms with van der Waals surface area (Å²) in [5.41, 5.74) is 7.52. The van der Waals surface area contributed by atoms with Crippen molar-refractivity contribution in [2.75, 3.05) is 23.3 Å². The van der Waals surface area contributed by atoms with Gasteiger partial charge < -0.3 is 16.0 Å². The van der Waals surface area contributed by atoms with Gasteiger partial charge in [-0.1, -0.05) is 6.92 Å². The van der Waals surface area contributed by atoms with Gasteiger partial charge in [-0.2, -0.15) is 0 Å². The molecule has 4 heteroatoms. The van der Waals surface area contributed by atoms with Crippen LogP contribution in [0.15, 0.2) is 24.3 Å². The summed E-state index contributed by atoms with van der Waals surface area (Å²) in [5.74, 6) is -0.305. The number of primary amides is 1. The van der Waals surface area contributed by atoms with Crippen LogP contribution < -0.4 is 16.0 Å². The first-order chi connectivity index (χ1) is 8.70. The second-order valence-electron chi connectivity index (χ2n) is 4.75. The van der Waals surface area contributed by atoms with Gasteiger partial charge in [0, 0.05) is 24.5 Å². The lowest BCUT2D eigenvalue weighted by Crippen LogP contribution is -2.34. The summed E-state index contributed by atoms with van der Waals surface area (Å²) >= 11 is 0. The van der Waals surface area contributed by atoms with E-state index in [1.807, 2.05) is 19.1 Å². The third-order valence-corrected chi connectivity index (χ3v) is 3.43. The summed E-state index contributed by atoms with van der Waals surface area (Å²) in [7, 11) is 0. The highest BCUT2D eigenvalue weighted by atomic mass is 16.1. The molecule has 1 heterocycles. The number of nitrogens with one attached hydrogen (secondary N) is 1. The fraction of sp³-hybridized carbons (Fsp3) is 0.500. The van der Waals surface area contributed by atoms with E-state index in [1.165, 1.54) is 18.5 Å². The topological polar surface area (TPSA) is 58.4 Å². The summed E-state index contributed by atoms with van der Waals surface area (Å²) < 4.78 is 0. The summed E-state index contributed by atoms with van der Waals surface area (Å²) in [6, 6.07) is 7.93. The van der Waals surface area contributed by atoms with Crippen LogP contribution in [0.1, 0.15) is 26.2 Å². The molecule has 1 aliphatic rings. The lowest BCUT2D eigenvalue weighted by Gasteiger charge is -2.19. The summed E-state index contributed by atoms with van der Waals surface area (Å²) in [4.78, 5) is 13.5. The Morgan fingerprint density at radius 2 is 1.94 bits per heavy atom. The van der Waals surface area contributed by atoms with Crippen molar-refractivity contribution in [2.45, 2.75) is 32.2 Å². The maximum Gasteiger partial charge on any atom is 0.239 e. The largest absolute Gasteiger partial charge is 0.374 e. The molecule has 1 fully saturated rings. The molecule has 0 aliphatic carbocycles. The van der Waals surface area contributed by atoms with Gasteiger partial charge in [-0.25, -0.2) is 0 Å². The summed E-state index contributed by atoms with van der Waals surface area (Å²) in [6.07, 6.45) is 3.25. The van der Waals surface area contributed by atoms with Crippen molar-refractivity contribution in [1.29, 1.82) is 0 Å². The Bertz CT molecular complexity index is 396. The zero-order chi connectivity index (χ0) is 13.0. The maximum absolute atomic E-state index is 11.2. The van der Waals surface area contributed by atoms with E-state index in [9.17, 15) is 4.79 Å². The minimum Gasteiger partial charge on any atom is -0.374 e. The number of nitrogens with two attached hydrogens (primary N) is 1. The lowest BCUT2D eigenvalue weighted by atomic mass is 10.2. The number of nitrogens with zero attached hydrogens (tertiary/aromatic N) is 1. The van der Waals surface area contributed by atoms with E-state index in [2.05, 4.69) is 22.3 Å². The number of amides is 1. The van der Waals surface area contributed by atoms with Gasteiger partial charge >= 0.3 is 0 Å².